The number of piperidine rings is 1. The molecule has 1 N–H and O–H groups in total. The lowest BCUT2D eigenvalue weighted by Gasteiger charge is -2.26. The third-order valence-corrected chi connectivity index (χ3v) is 6.66. The van der Waals surface area contributed by atoms with Crippen molar-refractivity contribution in [3.05, 3.63) is 58.2 Å². The van der Waals surface area contributed by atoms with Crippen LogP contribution in [0.15, 0.2) is 42.6 Å². The summed E-state index contributed by atoms with van der Waals surface area (Å²) in [6, 6.07) is 11.0. The molecule has 1 aliphatic heterocycles. The van der Waals surface area contributed by atoms with E-state index in [9.17, 15) is 5.11 Å². The molecule has 1 aliphatic rings. The highest BCUT2D eigenvalue weighted by Gasteiger charge is 2.18. The fourth-order valence-electron chi connectivity index (χ4n) is 4.22. The zero-order valence-corrected chi connectivity index (χ0v) is 19.9. The van der Waals surface area contributed by atoms with Crippen LogP contribution in [0.25, 0.3) is 16.8 Å². The highest BCUT2D eigenvalue weighted by Crippen LogP contribution is 2.39. The Bertz CT molecular complexity index is 1090. The van der Waals surface area contributed by atoms with Gasteiger partial charge in [-0.15, -0.1) is 0 Å². The summed E-state index contributed by atoms with van der Waals surface area (Å²) in [5, 5.41) is 12.0. The van der Waals surface area contributed by atoms with Crippen molar-refractivity contribution in [1.29, 1.82) is 0 Å². The quantitative estimate of drug-likeness (QED) is 0.433. The monoisotopic (exact) mass is 474 g/mol. The van der Waals surface area contributed by atoms with Crippen LogP contribution in [-0.2, 0) is 0 Å². The van der Waals surface area contributed by atoms with E-state index in [1.165, 1.54) is 19.3 Å². The van der Waals surface area contributed by atoms with Crippen LogP contribution in [0, 0.1) is 6.92 Å². The Labute approximate surface area is 199 Å². The molecule has 5 nitrogen and oxygen atoms in total. The van der Waals surface area contributed by atoms with Crippen LogP contribution in [0.4, 0.5) is 0 Å². The summed E-state index contributed by atoms with van der Waals surface area (Å²) in [7, 11) is 1.63. The summed E-state index contributed by atoms with van der Waals surface area (Å²) in [6.07, 6.45) is 5.72. The van der Waals surface area contributed by atoms with Gasteiger partial charge in [-0.3, -0.25) is 9.47 Å². The van der Waals surface area contributed by atoms with Gasteiger partial charge in [-0.2, -0.15) is 0 Å². The fraction of sp³-hybridized carbons (Fsp3) is 0.360. The Hall–Kier alpha value is -2.34. The topological polar surface area (TPSA) is 46.9 Å². The van der Waals surface area contributed by atoms with Gasteiger partial charge in [0.05, 0.1) is 22.8 Å². The molecule has 0 unspecified atom stereocenters. The predicted octanol–water partition coefficient (Wildman–Crippen LogP) is 6.34. The molecule has 0 radical (unpaired) electrons. The van der Waals surface area contributed by atoms with Gasteiger partial charge in [0.2, 0.25) is 5.88 Å². The molecule has 0 aliphatic carbocycles. The molecule has 1 aromatic heterocycles. The second-order valence-electron chi connectivity index (χ2n) is 8.10. The van der Waals surface area contributed by atoms with E-state index in [0.717, 1.165) is 36.4 Å². The molecule has 2 heterocycles. The SMILES string of the molecule is COc1ccc(-n2cc(C)c(-c3ccc(Cl)c(Cl)c3)c2O)cc1OCCN1CCCCC1. The van der Waals surface area contributed by atoms with E-state index < -0.39 is 0 Å². The van der Waals surface area contributed by atoms with E-state index in [2.05, 4.69) is 4.90 Å². The molecule has 170 valence electrons. The lowest BCUT2D eigenvalue weighted by Crippen LogP contribution is -2.33. The van der Waals surface area contributed by atoms with Crippen molar-refractivity contribution in [2.75, 3.05) is 33.4 Å². The summed E-state index contributed by atoms with van der Waals surface area (Å²) in [5.74, 6) is 1.45. The van der Waals surface area contributed by atoms with Crippen molar-refractivity contribution in [3.8, 4) is 34.2 Å². The lowest BCUT2D eigenvalue weighted by atomic mass is 10.1. The predicted molar refractivity (Wildman–Crippen MR) is 130 cm³/mol. The van der Waals surface area contributed by atoms with Crippen LogP contribution in [0.2, 0.25) is 10.0 Å². The normalized spacial score (nSPS) is 14.5. The molecular formula is C25H28Cl2N2O3. The van der Waals surface area contributed by atoms with Gasteiger partial charge in [-0.05, 0) is 68.2 Å². The molecule has 0 atom stereocenters. The highest BCUT2D eigenvalue weighted by atomic mass is 35.5. The van der Waals surface area contributed by atoms with Crippen LogP contribution in [0.5, 0.6) is 17.4 Å². The number of halogens is 2. The molecule has 1 fully saturated rings. The number of rotatable bonds is 7. The van der Waals surface area contributed by atoms with E-state index in [-0.39, 0.29) is 5.88 Å². The molecule has 0 saturated carbocycles. The van der Waals surface area contributed by atoms with E-state index in [1.54, 1.807) is 23.8 Å². The van der Waals surface area contributed by atoms with Gasteiger partial charge in [-0.1, -0.05) is 35.7 Å². The Morgan fingerprint density at radius 2 is 1.75 bits per heavy atom. The fourth-order valence-corrected chi connectivity index (χ4v) is 4.52. The van der Waals surface area contributed by atoms with Crippen molar-refractivity contribution in [2.45, 2.75) is 26.2 Å². The van der Waals surface area contributed by atoms with Gasteiger partial charge in [0.25, 0.3) is 0 Å². The zero-order chi connectivity index (χ0) is 22.7. The number of nitrogens with zero attached hydrogens (tertiary/aromatic N) is 2. The Kier molecular flexibility index (Phi) is 7.19. The number of aryl methyl sites for hydroxylation is 1. The molecule has 32 heavy (non-hydrogen) atoms. The minimum Gasteiger partial charge on any atom is -0.494 e. The number of benzene rings is 2. The van der Waals surface area contributed by atoms with Crippen molar-refractivity contribution in [3.63, 3.8) is 0 Å². The Morgan fingerprint density at radius 3 is 2.47 bits per heavy atom. The van der Waals surface area contributed by atoms with Gasteiger partial charge in [-0.25, -0.2) is 0 Å². The van der Waals surface area contributed by atoms with Gasteiger partial charge in [0.15, 0.2) is 11.5 Å². The van der Waals surface area contributed by atoms with E-state index in [4.69, 9.17) is 32.7 Å². The molecule has 1 saturated heterocycles. The summed E-state index contributed by atoms with van der Waals surface area (Å²) in [4.78, 5) is 2.44. The van der Waals surface area contributed by atoms with Crippen LogP contribution < -0.4 is 9.47 Å². The Balaban J connectivity index is 1.59. The van der Waals surface area contributed by atoms with Crippen molar-refractivity contribution in [2.24, 2.45) is 0 Å². The van der Waals surface area contributed by atoms with Gasteiger partial charge < -0.3 is 14.6 Å². The molecule has 3 aromatic rings. The smallest absolute Gasteiger partial charge is 0.204 e. The van der Waals surface area contributed by atoms with Crippen LogP contribution >= 0.6 is 23.2 Å². The van der Waals surface area contributed by atoms with Crippen LogP contribution in [0.1, 0.15) is 24.8 Å². The molecule has 4 rings (SSSR count). The van der Waals surface area contributed by atoms with Crippen LogP contribution in [0.3, 0.4) is 0 Å². The average molecular weight is 475 g/mol. The molecule has 0 bridgehead atoms. The first-order valence-electron chi connectivity index (χ1n) is 10.9. The molecule has 2 aromatic carbocycles. The maximum absolute atomic E-state index is 11.0. The molecule has 0 spiro atoms. The molecular weight excluding hydrogens is 447 g/mol. The second-order valence-corrected chi connectivity index (χ2v) is 8.91. The van der Waals surface area contributed by atoms with E-state index in [1.807, 2.05) is 37.4 Å². The van der Waals surface area contributed by atoms with E-state index >= 15 is 0 Å². The Morgan fingerprint density at radius 1 is 0.969 bits per heavy atom. The number of hydrogen-bond donors (Lipinski definition) is 1. The largest absolute Gasteiger partial charge is 0.494 e. The number of likely N-dealkylation sites (tertiary alicyclic amines) is 1. The summed E-state index contributed by atoms with van der Waals surface area (Å²) < 4.78 is 13.3. The maximum Gasteiger partial charge on any atom is 0.204 e. The highest BCUT2D eigenvalue weighted by molar-refractivity contribution is 6.42. The molecule has 0 amide bonds. The van der Waals surface area contributed by atoms with Gasteiger partial charge in [0, 0.05) is 24.4 Å². The third kappa shape index (κ3) is 4.85. The van der Waals surface area contributed by atoms with Crippen molar-refractivity contribution >= 4 is 23.2 Å². The number of ether oxygens (including phenoxy) is 2. The number of aromatic hydroxyl groups is 1. The lowest BCUT2D eigenvalue weighted by molar-refractivity contribution is 0.180. The average Bonchev–Trinajstić information content (AvgIpc) is 3.10. The summed E-state index contributed by atoms with van der Waals surface area (Å²) >= 11 is 12.3. The summed E-state index contributed by atoms with van der Waals surface area (Å²) in [6.45, 7) is 5.70. The molecule has 7 heteroatoms. The first kappa shape index (κ1) is 22.8. The zero-order valence-electron chi connectivity index (χ0n) is 18.4. The second kappa shape index (κ2) is 10.1. The third-order valence-electron chi connectivity index (χ3n) is 5.92. The minimum atomic E-state index is 0.130. The first-order chi connectivity index (χ1) is 15.5. The first-order valence-corrected chi connectivity index (χ1v) is 11.6. The van der Waals surface area contributed by atoms with Gasteiger partial charge >= 0.3 is 0 Å². The van der Waals surface area contributed by atoms with Gasteiger partial charge in [0.1, 0.15) is 6.61 Å². The standard InChI is InChI=1S/C25H28Cl2N2O3/c1-17-16-29(25(30)24(17)18-6-8-20(26)21(27)14-18)19-7-9-22(31-2)23(15-19)32-13-12-28-10-4-3-5-11-28/h6-9,14-16,30H,3-5,10-13H2,1-2H3. The summed E-state index contributed by atoms with van der Waals surface area (Å²) in [5.41, 5.74) is 3.22. The van der Waals surface area contributed by atoms with E-state index in [0.29, 0.717) is 33.7 Å². The van der Waals surface area contributed by atoms with Crippen molar-refractivity contribution in [1.82, 2.24) is 9.47 Å². The van der Waals surface area contributed by atoms with Crippen molar-refractivity contribution < 1.29 is 14.6 Å². The van der Waals surface area contributed by atoms with Crippen LogP contribution in [-0.4, -0.2) is 47.9 Å². The number of aromatic nitrogens is 1. The maximum atomic E-state index is 11.0. The minimum absolute atomic E-state index is 0.130. The number of hydrogen-bond acceptors (Lipinski definition) is 4. The number of methoxy groups -OCH3 is 1.